The predicted molar refractivity (Wildman–Crippen MR) is 104 cm³/mol. The van der Waals surface area contributed by atoms with E-state index in [4.69, 9.17) is 0 Å². The minimum absolute atomic E-state index is 0.507. The van der Waals surface area contributed by atoms with E-state index in [-0.39, 0.29) is 0 Å². The minimum Gasteiger partial charge on any atom is -0.352 e. The molecule has 0 radical (unpaired) electrons. The van der Waals surface area contributed by atoms with Gasteiger partial charge >= 0.3 is 0 Å². The number of aryl methyl sites for hydroxylation is 1. The first-order valence-corrected chi connectivity index (χ1v) is 9.12. The van der Waals surface area contributed by atoms with Gasteiger partial charge in [0.2, 0.25) is 0 Å². The van der Waals surface area contributed by atoms with Gasteiger partial charge in [-0.05, 0) is 23.6 Å². The highest BCUT2D eigenvalue weighted by Gasteiger charge is 2.26. The molecule has 4 rings (SSSR count). The van der Waals surface area contributed by atoms with Crippen LogP contribution < -0.4 is 5.32 Å². The van der Waals surface area contributed by atoms with Crippen molar-refractivity contribution < 1.29 is 0 Å². The molecule has 3 aromatic rings. The van der Waals surface area contributed by atoms with Crippen molar-refractivity contribution in [3.05, 3.63) is 54.1 Å². The number of hydrogen-bond acceptors (Lipinski definition) is 4. The number of H-pyrrole nitrogens is 1. The standard InChI is InChI=1S/C19H24N8/c1-20-19(27-7-6-16(12-27)17-10-24-26(2)11-17)21-9-14-4-3-5-15(8-14)18-22-13-23-25-18/h3-5,8,10-11,13,16H,6-7,9,12H2,1-2H3,(H,20,21)(H,22,23,25). The number of aromatic nitrogens is 5. The summed E-state index contributed by atoms with van der Waals surface area (Å²) >= 11 is 0. The first-order valence-electron chi connectivity index (χ1n) is 9.12. The van der Waals surface area contributed by atoms with Crippen LogP contribution in [0.1, 0.15) is 23.5 Å². The van der Waals surface area contributed by atoms with E-state index < -0.39 is 0 Å². The fourth-order valence-corrected chi connectivity index (χ4v) is 3.56. The summed E-state index contributed by atoms with van der Waals surface area (Å²) in [4.78, 5) is 11.0. The second kappa shape index (κ2) is 7.61. The summed E-state index contributed by atoms with van der Waals surface area (Å²) in [6.45, 7) is 2.67. The third-order valence-corrected chi connectivity index (χ3v) is 4.96. The van der Waals surface area contributed by atoms with Gasteiger partial charge in [-0.15, -0.1) is 0 Å². The van der Waals surface area contributed by atoms with Gasteiger partial charge in [-0.2, -0.15) is 10.2 Å². The SMILES string of the molecule is CN=C(NCc1cccc(-c2ncn[nH]2)c1)N1CCC(c2cnn(C)c2)C1. The van der Waals surface area contributed by atoms with Gasteiger partial charge in [0.1, 0.15) is 6.33 Å². The average Bonchev–Trinajstić information content (AvgIpc) is 3.44. The third kappa shape index (κ3) is 3.84. The number of likely N-dealkylation sites (tertiary alicyclic amines) is 1. The molecule has 1 aromatic carbocycles. The quantitative estimate of drug-likeness (QED) is 0.544. The highest BCUT2D eigenvalue weighted by molar-refractivity contribution is 5.80. The van der Waals surface area contributed by atoms with Crippen LogP contribution in [0.15, 0.2) is 48.0 Å². The van der Waals surface area contributed by atoms with Crippen molar-refractivity contribution in [3.8, 4) is 11.4 Å². The van der Waals surface area contributed by atoms with Crippen LogP contribution in [0, 0.1) is 0 Å². The molecule has 2 N–H and O–H groups in total. The van der Waals surface area contributed by atoms with Gasteiger partial charge in [0, 0.05) is 51.4 Å². The maximum atomic E-state index is 4.47. The zero-order valence-electron chi connectivity index (χ0n) is 15.6. The molecule has 0 saturated carbocycles. The van der Waals surface area contributed by atoms with Crippen molar-refractivity contribution in [3.63, 3.8) is 0 Å². The molecule has 2 aromatic heterocycles. The Morgan fingerprint density at radius 3 is 3.07 bits per heavy atom. The Bertz CT molecular complexity index is 911. The Kier molecular flexibility index (Phi) is 4.86. The molecule has 0 bridgehead atoms. The van der Waals surface area contributed by atoms with Crippen molar-refractivity contribution in [2.24, 2.45) is 12.0 Å². The first-order chi connectivity index (χ1) is 13.2. The highest BCUT2D eigenvalue weighted by Crippen LogP contribution is 2.26. The lowest BCUT2D eigenvalue weighted by atomic mass is 10.0. The van der Waals surface area contributed by atoms with Crippen LogP contribution >= 0.6 is 0 Å². The van der Waals surface area contributed by atoms with Crippen LogP contribution in [-0.4, -0.2) is 56.0 Å². The van der Waals surface area contributed by atoms with Crippen molar-refractivity contribution >= 4 is 5.96 Å². The molecule has 0 amide bonds. The van der Waals surface area contributed by atoms with Crippen molar-refractivity contribution in [1.29, 1.82) is 0 Å². The maximum absolute atomic E-state index is 4.47. The Balaban J connectivity index is 1.38. The fourth-order valence-electron chi connectivity index (χ4n) is 3.56. The summed E-state index contributed by atoms with van der Waals surface area (Å²) in [5.74, 6) is 2.22. The van der Waals surface area contributed by atoms with Crippen molar-refractivity contribution in [2.75, 3.05) is 20.1 Å². The lowest BCUT2D eigenvalue weighted by Gasteiger charge is -2.21. The summed E-state index contributed by atoms with van der Waals surface area (Å²) in [5.41, 5.74) is 3.50. The molecule has 1 saturated heterocycles. The van der Waals surface area contributed by atoms with Gasteiger partial charge in [-0.3, -0.25) is 14.8 Å². The maximum Gasteiger partial charge on any atom is 0.193 e. The average molecular weight is 364 g/mol. The molecule has 27 heavy (non-hydrogen) atoms. The van der Waals surface area contributed by atoms with Gasteiger partial charge in [0.25, 0.3) is 0 Å². The number of aromatic amines is 1. The number of nitrogens with zero attached hydrogens (tertiary/aromatic N) is 6. The molecule has 1 aliphatic heterocycles. The lowest BCUT2D eigenvalue weighted by Crippen LogP contribution is -2.39. The smallest absolute Gasteiger partial charge is 0.193 e. The molecule has 8 heteroatoms. The second-order valence-electron chi connectivity index (χ2n) is 6.81. The van der Waals surface area contributed by atoms with Crippen LogP contribution in [0.2, 0.25) is 0 Å². The Morgan fingerprint density at radius 2 is 2.33 bits per heavy atom. The lowest BCUT2D eigenvalue weighted by molar-refractivity contribution is 0.486. The van der Waals surface area contributed by atoms with Crippen LogP contribution in [0.25, 0.3) is 11.4 Å². The van der Waals surface area contributed by atoms with Crippen LogP contribution in [0.3, 0.4) is 0 Å². The van der Waals surface area contributed by atoms with Crippen molar-refractivity contribution in [2.45, 2.75) is 18.9 Å². The molecule has 0 spiro atoms. The topological polar surface area (TPSA) is 87.0 Å². The second-order valence-corrected chi connectivity index (χ2v) is 6.81. The third-order valence-electron chi connectivity index (χ3n) is 4.96. The Morgan fingerprint density at radius 1 is 1.41 bits per heavy atom. The number of nitrogens with one attached hydrogen (secondary N) is 2. The Labute approximate surface area is 158 Å². The molecule has 140 valence electrons. The van der Waals surface area contributed by atoms with E-state index in [9.17, 15) is 0 Å². The predicted octanol–water partition coefficient (Wildman–Crippen LogP) is 1.77. The van der Waals surface area contributed by atoms with E-state index in [1.807, 2.05) is 37.1 Å². The zero-order valence-corrected chi connectivity index (χ0v) is 15.6. The highest BCUT2D eigenvalue weighted by atomic mass is 15.3. The number of rotatable bonds is 4. The zero-order chi connectivity index (χ0) is 18.6. The van der Waals surface area contributed by atoms with E-state index >= 15 is 0 Å². The van der Waals surface area contributed by atoms with Gasteiger partial charge in [-0.1, -0.05) is 18.2 Å². The van der Waals surface area contributed by atoms with Crippen LogP contribution in [0.5, 0.6) is 0 Å². The van der Waals surface area contributed by atoms with Gasteiger partial charge in [0.15, 0.2) is 11.8 Å². The van der Waals surface area contributed by atoms with E-state index in [2.05, 4.69) is 53.8 Å². The number of hydrogen-bond donors (Lipinski definition) is 2. The van der Waals surface area contributed by atoms with E-state index in [1.165, 1.54) is 17.5 Å². The molecular weight excluding hydrogens is 340 g/mol. The van der Waals surface area contributed by atoms with Crippen molar-refractivity contribution in [1.82, 2.24) is 35.2 Å². The normalized spacial score (nSPS) is 17.5. The van der Waals surface area contributed by atoms with Crippen LogP contribution in [-0.2, 0) is 13.6 Å². The largest absolute Gasteiger partial charge is 0.352 e. The number of guanidine groups is 1. The van der Waals surface area contributed by atoms with Gasteiger partial charge in [0.05, 0.1) is 6.20 Å². The molecule has 1 unspecified atom stereocenters. The van der Waals surface area contributed by atoms with Gasteiger partial charge in [-0.25, -0.2) is 4.98 Å². The van der Waals surface area contributed by atoms with Gasteiger partial charge < -0.3 is 10.2 Å². The molecule has 1 aliphatic rings. The molecule has 1 fully saturated rings. The van der Waals surface area contributed by atoms with E-state index in [0.717, 1.165) is 36.9 Å². The molecule has 3 heterocycles. The summed E-state index contributed by atoms with van der Waals surface area (Å²) in [7, 11) is 3.80. The van der Waals surface area contributed by atoms with E-state index in [1.54, 1.807) is 0 Å². The minimum atomic E-state index is 0.507. The van der Waals surface area contributed by atoms with Crippen LogP contribution in [0.4, 0.5) is 0 Å². The molecule has 8 nitrogen and oxygen atoms in total. The number of aliphatic imine (C=N–C) groups is 1. The fraction of sp³-hybridized carbons (Fsp3) is 0.368. The molecular formula is C19H24N8. The monoisotopic (exact) mass is 364 g/mol. The first kappa shape index (κ1) is 17.3. The summed E-state index contributed by atoms with van der Waals surface area (Å²) in [6.07, 6.45) is 6.72. The molecule has 1 atom stereocenters. The Hall–Kier alpha value is -3.16. The molecule has 0 aliphatic carbocycles. The summed E-state index contributed by atoms with van der Waals surface area (Å²) < 4.78 is 1.87. The summed E-state index contributed by atoms with van der Waals surface area (Å²) in [6, 6.07) is 8.27. The number of benzene rings is 1. The summed E-state index contributed by atoms with van der Waals surface area (Å²) in [5, 5.41) is 14.6. The van der Waals surface area contributed by atoms with E-state index in [0.29, 0.717) is 12.5 Å².